The van der Waals surface area contributed by atoms with Crippen LogP contribution < -0.4 is 5.32 Å². The molecule has 20 heavy (non-hydrogen) atoms. The van der Waals surface area contributed by atoms with Crippen molar-refractivity contribution in [2.24, 2.45) is 0 Å². The van der Waals surface area contributed by atoms with E-state index in [-0.39, 0.29) is 17.8 Å². The van der Waals surface area contributed by atoms with Crippen LogP contribution in [-0.4, -0.2) is 15.7 Å². The fourth-order valence-corrected chi connectivity index (χ4v) is 2.11. The first-order chi connectivity index (χ1) is 9.52. The van der Waals surface area contributed by atoms with Crippen LogP contribution in [0.25, 0.3) is 5.69 Å². The number of benzene rings is 1. The fraction of sp³-hybridized carbons (Fsp3) is 0.333. The van der Waals surface area contributed by atoms with Crippen molar-refractivity contribution in [2.75, 3.05) is 0 Å². The van der Waals surface area contributed by atoms with Crippen LogP contribution in [0.4, 0.5) is 4.39 Å². The average molecular weight is 275 g/mol. The second kappa shape index (κ2) is 5.86. The molecule has 0 saturated carbocycles. The third kappa shape index (κ3) is 2.87. The molecular formula is C15H18FN3O. The SMILES string of the molecule is CCC(=O)NC(C)c1cnn(-c2ccc(F)cc2)c1C. The average Bonchev–Trinajstić information content (AvgIpc) is 2.81. The van der Waals surface area contributed by atoms with Gasteiger partial charge in [-0.05, 0) is 38.1 Å². The minimum Gasteiger partial charge on any atom is -0.349 e. The molecule has 0 aliphatic carbocycles. The van der Waals surface area contributed by atoms with Crippen LogP contribution in [0.5, 0.6) is 0 Å². The Labute approximate surface area is 117 Å². The summed E-state index contributed by atoms with van der Waals surface area (Å²) in [6.45, 7) is 5.67. The first kappa shape index (κ1) is 14.2. The molecule has 5 heteroatoms. The molecule has 2 aromatic rings. The highest BCUT2D eigenvalue weighted by atomic mass is 19.1. The molecule has 0 spiro atoms. The van der Waals surface area contributed by atoms with Crippen LogP contribution in [0.15, 0.2) is 30.5 Å². The number of aromatic nitrogens is 2. The van der Waals surface area contributed by atoms with Crippen LogP contribution >= 0.6 is 0 Å². The van der Waals surface area contributed by atoms with Crippen molar-refractivity contribution in [3.8, 4) is 5.69 Å². The van der Waals surface area contributed by atoms with Gasteiger partial charge in [-0.1, -0.05) is 6.92 Å². The minimum atomic E-state index is -0.276. The summed E-state index contributed by atoms with van der Waals surface area (Å²) < 4.78 is 14.7. The van der Waals surface area contributed by atoms with Crippen LogP contribution in [0.1, 0.15) is 37.6 Å². The normalized spacial score (nSPS) is 12.2. The van der Waals surface area contributed by atoms with Gasteiger partial charge in [-0.25, -0.2) is 9.07 Å². The number of hydrogen-bond donors (Lipinski definition) is 1. The number of nitrogens with one attached hydrogen (secondary N) is 1. The molecule has 0 aliphatic heterocycles. The molecule has 0 fully saturated rings. The van der Waals surface area contributed by atoms with Gasteiger partial charge in [0.2, 0.25) is 5.91 Å². The number of rotatable bonds is 4. The van der Waals surface area contributed by atoms with E-state index < -0.39 is 0 Å². The standard InChI is InChI=1S/C15H18FN3O/c1-4-15(20)18-10(2)14-9-17-19(11(14)3)13-7-5-12(16)6-8-13/h5-10H,4H2,1-3H3,(H,18,20). The lowest BCUT2D eigenvalue weighted by atomic mass is 10.1. The van der Waals surface area contributed by atoms with Gasteiger partial charge in [0.15, 0.2) is 0 Å². The zero-order valence-corrected chi connectivity index (χ0v) is 11.9. The van der Waals surface area contributed by atoms with Crippen molar-refractivity contribution in [3.63, 3.8) is 0 Å². The highest BCUT2D eigenvalue weighted by Gasteiger charge is 2.15. The third-order valence-corrected chi connectivity index (χ3v) is 3.28. The van der Waals surface area contributed by atoms with Crippen molar-refractivity contribution in [2.45, 2.75) is 33.2 Å². The predicted molar refractivity (Wildman–Crippen MR) is 75.1 cm³/mol. The van der Waals surface area contributed by atoms with E-state index in [1.807, 2.05) is 20.8 Å². The largest absolute Gasteiger partial charge is 0.349 e. The molecule has 1 atom stereocenters. The van der Waals surface area contributed by atoms with Gasteiger partial charge in [0.05, 0.1) is 17.9 Å². The number of amides is 1. The lowest BCUT2D eigenvalue weighted by molar-refractivity contribution is -0.121. The van der Waals surface area contributed by atoms with Crippen LogP contribution in [0.2, 0.25) is 0 Å². The van der Waals surface area contributed by atoms with E-state index in [0.717, 1.165) is 16.9 Å². The zero-order valence-electron chi connectivity index (χ0n) is 11.9. The molecule has 0 radical (unpaired) electrons. The molecule has 1 aromatic heterocycles. The molecule has 1 aromatic carbocycles. The number of carbonyl (C=O) groups is 1. The van der Waals surface area contributed by atoms with Crippen molar-refractivity contribution >= 4 is 5.91 Å². The molecule has 1 amide bonds. The Morgan fingerprint density at radius 1 is 1.40 bits per heavy atom. The Kier molecular flexibility index (Phi) is 4.17. The molecule has 0 bridgehead atoms. The monoisotopic (exact) mass is 275 g/mol. The van der Waals surface area contributed by atoms with Crippen LogP contribution in [0.3, 0.4) is 0 Å². The van der Waals surface area contributed by atoms with E-state index in [9.17, 15) is 9.18 Å². The lowest BCUT2D eigenvalue weighted by Crippen LogP contribution is -2.25. The lowest BCUT2D eigenvalue weighted by Gasteiger charge is -2.13. The van der Waals surface area contributed by atoms with Gasteiger partial charge in [0.1, 0.15) is 5.82 Å². The highest BCUT2D eigenvalue weighted by molar-refractivity contribution is 5.76. The molecule has 0 aliphatic rings. The van der Waals surface area contributed by atoms with Crippen molar-refractivity contribution in [1.29, 1.82) is 0 Å². The molecule has 1 heterocycles. The Bertz CT molecular complexity index is 604. The van der Waals surface area contributed by atoms with E-state index in [1.165, 1.54) is 12.1 Å². The van der Waals surface area contributed by atoms with E-state index in [0.29, 0.717) is 6.42 Å². The Balaban J connectivity index is 2.26. The van der Waals surface area contributed by atoms with Crippen LogP contribution in [-0.2, 0) is 4.79 Å². The molecular weight excluding hydrogens is 257 g/mol. The minimum absolute atomic E-state index is 0.00596. The van der Waals surface area contributed by atoms with E-state index in [1.54, 1.807) is 23.0 Å². The second-order valence-corrected chi connectivity index (χ2v) is 4.72. The van der Waals surface area contributed by atoms with E-state index >= 15 is 0 Å². The third-order valence-electron chi connectivity index (χ3n) is 3.28. The maximum Gasteiger partial charge on any atom is 0.220 e. The Morgan fingerprint density at radius 2 is 2.05 bits per heavy atom. The molecule has 4 nitrogen and oxygen atoms in total. The van der Waals surface area contributed by atoms with E-state index in [2.05, 4.69) is 10.4 Å². The van der Waals surface area contributed by atoms with Gasteiger partial charge in [-0.15, -0.1) is 0 Å². The number of nitrogens with zero attached hydrogens (tertiary/aromatic N) is 2. The molecule has 106 valence electrons. The van der Waals surface area contributed by atoms with Gasteiger partial charge in [0.25, 0.3) is 0 Å². The smallest absolute Gasteiger partial charge is 0.220 e. The molecule has 2 rings (SSSR count). The van der Waals surface area contributed by atoms with Crippen molar-refractivity contribution in [1.82, 2.24) is 15.1 Å². The summed E-state index contributed by atoms with van der Waals surface area (Å²) in [5, 5.41) is 7.22. The molecule has 1 N–H and O–H groups in total. The van der Waals surface area contributed by atoms with Gasteiger partial charge in [-0.2, -0.15) is 5.10 Å². The Morgan fingerprint density at radius 3 is 2.65 bits per heavy atom. The highest BCUT2D eigenvalue weighted by Crippen LogP contribution is 2.20. The second-order valence-electron chi connectivity index (χ2n) is 4.72. The van der Waals surface area contributed by atoms with Gasteiger partial charge in [-0.3, -0.25) is 4.79 Å². The molecule has 0 saturated heterocycles. The maximum atomic E-state index is 12.9. The van der Waals surface area contributed by atoms with Crippen molar-refractivity contribution < 1.29 is 9.18 Å². The van der Waals surface area contributed by atoms with Crippen LogP contribution in [0, 0.1) is 12.7 Å². The summed E-state index contributed by atoms with van der Waals surface area (Å²) >= 11 is 0. The molecule has 1 unspecified atom stereocenters. The maximum absolute atomic E-state index is 12.9. The first-order valence-corrected chi connectivity index (χ1v) is 6.62. The van der Waals surface area contributed by atoms with E-state index in [4.69, 9.17) is 0 Å². The van der Waals surface area contributed by atoms with Crippen molar-refractivity contribution in [3.05, 3.63) is 47.5 Å². The number of carbonyl (C=O) groups excluding carboxylic acids is 1. The topological polar surface area (TPSA) is 46.9 Å². The summed E-state index contributed by atoms with van der Waals surface area (Å²) in [6.07, 6.45) is 2.19. The van der Waals surface area contributed by atoms with Gasteiger partial charge >= 0.3 is 0 Å². The summed E-state index contributed by atoms with van der Waals surface area (Å²) in [6, 6.07) is 6.05. The number of hydrogen-bond acceptors (Lipinski definition) is 2. The van der Waals surface area contributed by atoms with Gasteiger partial charge in [0, 0.05) is 17.7 Å². The predicted octanol–water partition coefficient (Wildman–Crippen LogP) is 2.91. The zero-order chi connectivity index (χ0) is 14.7. The summed E-state index contributed by atoms with van der Waals surface area (Å²) in [5.74, 6) is -0.270. The Hall–Kier alpha value is -2.17. The fourth-order valence-electron chi connectivity index (χ4n) is 2.11. The summed E-state index contributed by atoms with van der Waals surface area (Å²) in [4.78, 5) is 11.4. The number of halogens is 1. The summed E-state index contributed by atoms with van der Waals surface area (Å²) in [5.41, 5.74) is 2.68. The first-order valence-electron chi connectivity index (χ1n) is 6.62. The summed E-state index contributed by atoms with van der Waals surface area (Å²) in [7, 11) is 0. The quantitative estimate of drug-likeness (QED) is 0.932. The van der Waals surface area contributed by atoms with Gasteiger partial charge < -0.3 is 5.32 Å².